The zero-order valence-corrected chi connectivity index (χ0v) is 18.4. The maximum absolute atomic E-state index is 13.4. The minimum Gasteiger partial charge on any atom is -0.236 e. The predicted octanol–water partition coefficient (Wildman–Crippen LogP) is 5.32. The summed E-state index contributed by atoms with van der Waals surface area (Å²) in [7, 11) is -2.06. The highest BCUT2D eigenvalue weighted by Gasteiger charge is 2.35. The summed E-state index contributed by atoms with van der Waals surface area (Å²) >= 11 is 5.95. The molecule has 0 aliphatic heterocycles. The summed E-state index contributed by atoms with van der Waals surface area (Å²) in [5.74, 6) is 0.140. The van der Waals surface area contributed by atoms with E-state index in [2.05, 4.69) is 18.9 Å². The lowest BCUT2D eigenvalue weighted by atomic mass is 9.92. The van der Waals surface area contributed by atoms with E-state index in [1.807, 2.05) is 41.1 Å². The lowest BCUT2D eigenvalue weighted by Gasteiger charge is -2.33. The summed E-state index contributed by atoms with van der Waals surface area (Å²) in [6.07, 6.45) is 3.42. The van der Waals surface area contributed by atoms with E-state index in [0.717, 1.165) is 24.2 Å². The van der Waals surface area contributed by atoms with Crippen molar-refractivity contribution in [2.75, 3.05) is 7.05 Å². The molecule has 0 amide bonds. The molecule has 154 valence electrons. The molecule has 1 atom stereocenters. The van der Waals surface area contributed by atoms with E-state index in [9.17, 15) is 8.42 Å². The highest BCUT2D eigenvalue weighted by Crippen LogP contribution is 2.36. The lowest BCUT2D eigenvalue weighted by Crippen LogP contribution is -2.36. The molecule has 29 heavy (non-hydrogen) atoms. The van der Waals surface area contributed by atoms with Crippen LogP contribution >= 0.6 is 11.6 Å². The van der Waals surface area contributed by atoms with Gasteiger partial charge in [0.2, 0.25) is 10.0 Å². The minimum absolute atomic E-state index is 0.140. The topological polar surface area (TPSA) is 55.2 Å². The van der Waals surface area contributed by atoms with Gasteiger partial charge in [-0.25, -0.2) is 13.1 Å². The van der Waals surface area contributed by atoms with E-state index in [1.54, 1.807) is 37.5 Å². The Morgan fingerprint density at radius 2 is 1.62 bits per heavy atom. The van der Waals surface area contributed by atoms with Crippen LogP contribution in [0.3, 0.4) is 0 Å². The number of sulfonamides is 1. The van der Waals surface area contributed by atoms with Crippen molar-refractivity contribution < 1.29 is 8.42 Å². The summed E-state index contributed by atoms with van der Waals surface area (Å²) in [4.78, 5) is 0.228. The molecule has 1 aromatic heterocycles. The Bertz CT molecular complexity index is 1030. The van der Waals surface area contributed by atoms with Crippen LogP contribution in [0, 0.1) is 5.92 Å². The van der Waals surface area contributed by atoms with Crippen LogP contribution in [0.5, 0.6) is 0 Å². The van der Waals surface area contributed by atoms with Crippen molar-refractivity contribution >= 4 is 21.6 Å². The number of benzene rings is 2. The molecule has 0 N–H and O–H groups in total. The molecule has 1 unspecified atom stereocenters. The van der Waals surface area contributed by atoms with Crippen molar-refractivity contribution in [3.63, 3.8) is 0 Å². The average Bonchev–Trinajstić information content (AvgIpc) is 3.21. The number of aromatic nitrogens is 2. The van der Waals surface area contributed by atoms with Crippen LogP contribution in [0.2, 0.25) is 5.02 Å². The molecule has 0 aliphatic carbocycles. The first-order chi connectivity index (χ1) is 13.9. The van der Waals surface area contributed by atoms with E-state index in [0.29, 0.717) is 5.02 Å². The zero-order valence-electron chi connectivity index (χ0n) is 16.9. The first-order valence-corrected chi connectivity index (χ1v) is 11.5. The molecule has 1 heterocycles. The van der Waals surface area contributed by atoms with Crippen LogP contribution in [-0.4, -0.2) is 29.6 Å². The molecule has 5 nitrogen and oxygen atoms in total. The third kappa shape index (κ3) is 4.39. The average molecular weight is 432 g/mol. The van der Waals surface area contributed by atoms with Crippen molar-refractivity contribution in [1.29, 1.82) is 0 Å². The van der Waals surface area contributed by atoms with Crippen LogP contribution in [0.1, 0.15) is 38.4 Å². The molecule has 0 saturated carbocycles. The first-order valence-electron chi connectivity index (χ1n) is 9.73. The van der Waals surface area contributed by atoms with Gasteiger partial charge in [-0.3, -0.25) is 0 Å². The van der Waals surface area contributed by atoms with Gasteiger partial charge in [0.05, 0.1) is 22.3 Å². The molecule has 3 rings (SSSR count). The van der Waals surface area contributed by atoms with Gasteiger partial charge in [-0.05, 0) is 48.4 Å². The van der Waals surface area contributed by atoms with Crippen molar-refractivity contribution in [2.24, 2.45) is 5.92 Å². The minimum atomic E-state index is -3.71. The second kappa shape index (κ2) is 9.11. The molecule has 7 heteroatoms. The van der Waals surface area contributed by atoms with E-state index in [4.69, 9.17) is 11.6 Å². The largest absolute Gasteiger partial charge is 0.243 e. The number of halogens is 1. The monoisotopic (exact) mass is 431 g/mol. The van der Waals surface area contributed by atoms with Crippen molar-refractivity contribution in [1.82, 2.24) is 14.1 Å². The van der Waals surface area contributed by atoms with E-state index in [-0.39, 0.29) is 16.9 Å². The summed E-state index contributed by atoms with van der Waals surface area (Å²) in [5, 5.41) is 4.99. The summed E-state index contributed by atoms with van der Waals surface area (Å²) in [6.45, 7) is 4.18. The van der Waals surface area contributed by atoms with E-state index >= 15 is 0 Å². The normalized spacial score (nSPS) is 13.2. The Balaban J connectivity index is 2.10. The van der Waals surface area contributed by atoms with Gasteiger partial charge in [-0.1, -0.05) is 56.5 Å². The molecule has 0 bridgehead atoms. The summed E-state index contributed by atoms with van der Waals surface area (Å²) < 4.78 is 30.1. The number of para-hydroxylation sites is 1. The molecule has 0 saturated heterocycles. The Morgan fingerprint density at radius 3 is 2.21 bits per heavy atom. The fourth-order valence-corrected chi connectivity index (χ4v) is 5.22. The van der Waals surface area contributed by atoms with Crippen molar-refractivity contribution in [3.05, 3.63) is 77.6 Å². The third-order valence-corrected chi connectivity index (χ3v) is 7.46. The van der Waals surface area contributed by atoms with Crippen LogP contribution < -0.4 is 0 Å². The number of rotatable bonds is 8. The standard InChI is InChI=1S/C22H26ClN3O2S/c1-4-17(5-2)22(21-15-16-24-26(21)19-9-7-6-8-10-19)25(3)29(27,28)20-13-11-18(23)12-14-20/h6-17,22H,4-5H2,1-3H3. The van der Waals surface area contributed by atoms with Crippen molar-refractivity contribution in [3.8, 4) is 5.69 Å². The molecule has 0 fully saturated rings. The molecule has 0 aliphatic rings. The van der Waals surface area contributed by atoms with Crippen LogP contribution in [0.4, 0.5) is 0 Å². The van der Waals surface area contributed by atoms with E-state index in [1.165, 1.54) is 4.31 Å². The highest BCUT2D eigenvalue weighted by atomic mass is 35.5. The summed E-state index contributed by atoms with van der Waals surface area (Å²) in [6, 6.07) is 17.6. The van der Waals surface area contributed by atoms with Crippen molar-refractivity contribution in [2.45, 2.75) is 37.6 Å². The quantitative estimate of drug-likeness (QED) is 0.484. The Morgan fingerprint density at radius 1 is 1.00 bits per heavy atom. The molecule has 3 aromatic rings. The maximum atomic E-state index is 13.4. The van der Waals surface area contributed by atoms with Gasteiger partial charge in [0.25, 0.3) is 0 Å². The second-order valence-electron chi connectivity index (χ2n) is 7.00. The number of hydrogen-bond donors (Lipinski definition) is 0. The Labute approximate surface area is 178 Å². The van der Waals surface area contributed by atoms with Gasteiger partial charge >= 0.3 is 0 Å². The van der Waals surface area contributed by atoms with E-state index < -0.39 is 10.0 Å². The van der Waals surface area contributed by atoms with Crippen LogP contribution in [0.15, 0.2) is 71.8 Å². The summed E-state index contributed by atoms with van der Waals surface area (Å²) in [5.41, 5.74) is 1.76. The second-order valence-corrected chi connectivity index (χ2v) is 9.43. The van der Waals surface area contributed by atoms with Gasteiger partial charge in [-0.2, -0.15) is 9.40 Å². The lowest BCUT2D eigenvalue weighted by molar-refractivity contribution is 0.248. The molecular weight excluding hydrogens is 406 g/mol. The predicted molar refractivity (Wildman–Crippen MR) is 117 cm³/mol. The van der Waals surface area contributed by atoms with Gasteiger partial charge in [0.15, 0.2) is 0 Å². The Kier molecular flexibility index (Phi) is 6.77. The van der Waals surface area contributed by atoms with Gasteiger partial charge < -0.3 is 0 Å². The van der Waals surface area contributed by atoms with Crippen LogP contribution in [0.25, 0.3) is 5.69 Å². The van der Waals surface area contributed by atoms with Gasteiger partial charge in [0, 0.05) is 18.3 Å². The van der Waals surface area contributed by atoms with Gasteiger partial charge in [-0.15, -0.1) is 0 Å². The zero-order chi connectivity index (χ0) is 21.0. The highest BCUT2D eigenvalue weighted by molar-refractivity contribution is 7.89. The smallest absolute Gasteiger partial charge is 0.236 e. The molecule has 2 aromatic carbocycles. The molecule has 0 radical (unpaired) electrons. The first kappa shape index (κ1) is 21.6. The fraction of sp³-hybridized carbons (Fsp3) is 0.318. The van der Waals surface area contributed by atoms with Crippen LogP contribution in [-0.2, 0) is 10.0 Å². The molecule has 0 spiro atoms. The maximum Gasteiger partial charge on any atom is 0.243 e. The number of hydrogen-bond acceptors (Lipinski definition) is 3. The SMILES string of the molecule is CCC(CC)C(c1ccnn1-c1ccccc1)N(C)S(=O)(=O)c1ccc(Cl)cc1. The fourth-order valence-electron chi connectivity index (χ4n) is 3.70. The number of nitrogens with zero attached hydrogens (tertiary/aromatic N) is 3. The molecular formula is C22H26ClN3O2S. The third-order valence-electron chi connectivity index (χ3n) is 5.35. The van der Waals surface area contributed by atoms with Gasteiger partial charge in [0.1, 0.15) is 0 Å². The Hall–Kier alpha value is -2.15.